The van der Waals surface area contributed by atoms with Gasteiger partial charge in [0.05, 0.1) is 11.0 Å². The van der Waals surface area contributed by atoms with Crippen molar-refractivity contribution in [3.63, 3.8) is 0 Å². The number of fused-ring (bicyclic) bond motifs is 3. The summed E-state index contributed by atoms with van der Waals surface area (Å²) < 4.78 is 4.47. The van der Waals surface area contributed by atoms with Crippen LogP contribution in [0.25, 0.3) is 56.0 Å². The first-order valence-corrected chi connectivity index (χ1v) is 12.0. The van der Waals surface area contributed by atoms with Crippen LogP contribution in [0.1, 0.15) is 0 Å². The SMILES string of the molecule is c1ccc(-c2nnc(-c3ccccc3)n2-c2ccc(-n3c4ccccc4c4ccccc43)cc2)cc1. The zero-order valence-corrected chi connectivity index (χ0v) is 19.5. The van der Waals surface area contributed by atoms with Crippen molar-refractivity contribution in [2.24, 2.45) is 0 Å². The summed E-state index contributed by atoms with van der Waals surface area (Å²) in [6, 6.07) is 46.3. The Morgan fingerprint density at radius 1 is 0.361 bits per heavy atom. The first-order valence-electron chi connectivity index (χ1n) is 12.0. The Morgan fingerprint density at radius 3 is 1.22 bits per heavy atom. The minimum Gasteiger partial charge on any atom is -0.309 e. The Balaban J connectivity index is 1.41. The largest absolute Gasteiger partial charge is 0.309 e. The average Bonchev–Trinajstić information content (AvgIpc) is 3.54. The number of para-hydroxylation sites is 2. The highest BCUT2D eigenvalue weighted by molar-refractivity contribution is 6.09. The predicted octanol–water partition coefficient (Wildman–Crippen LogP) is 7.70. The van der Waals surface area contributed by atoms with Crippen LogP contribution in [0.4, 0.5) is 0 Å². The lowest BCUT2D eigenvalue weighted by Gasteiger charge is -2.13. The smallest absolute Gasteiger partial charge is 0.168 e. The summed E-state index contributed by atoms with van der Waals surface area (Å²) in [7, 11) is 0. The molecule has 0 unspecified atom stereocenters. The molecule has 2 heterocycles. The van der Waals surface area contributed by atoms with Crippen molar-refractivity contribution in [3.05, 3.63) is 133 Å². The molecule has 0 amide bonds. The van der Waals surface area contributed by atoms with Crippen LogP contribution in [0.3, 0.4) is 0 Å². The van der Waals surface area contributed by atoms with Crippen LogP contribution in [-0.2, 0) is 0 Å². The highest BCUT2D eigenvalue weighted by Crippen LogP contribution is 2.33. The molecule has 7 rings (SSSR count). The van der Waals surface area contributed by atoms with E-state index in [1.54, 1.807) is 0 Å². The zero-order valence-electron chi connectivity index (χ0n) is 19.5. The van der Waals surface area contributed by atoms with Gasteiger partial charge in [0.2, 0.25) is 0 Å². The molecule has 0 atom stereocenters. The van der Waals surface area contributed by atoms with Crippen LogP contribution in [0.15, 0.2) is 133 Å². The number of aromatic nitrogens is 4. The number of hydrogen-bond donors (Lipinski definition) is 0. The molecular formula is C32H22N4. The molecule has 0 aliphatic rings. The molecule has 4 nitrogen and oxygen atoms in total. The molecule has 0 aliphatic heterocycles. The molecule has 0 aliphatic carbocycles. The van der Waals surface area contributed by atoms with Crippen LogP contribution in [0.2, 0.25) is 0 Å². The Morgan fingerprint density at radius 2 is 0.750 bits per heavy atom. The lowest BCUT2D eigenvalue weighted by atomic mass is 10.1. The Bertz CT molecular complexity index is 1700. The molecular weight excluding hydrogens is 440 g/mol. The van der Waals surface area contributed by atoms with Gasteiger partial charge in [-0.05, 0) is 36.4 Å². The highest BCUT2D eigenvalue weighted by atomic mass is 15.3. The van der Waals surface area contributed by atoms with E-state index in [2.05, 4.69) is 116 Å². The third-order valence-corrected chi connectivity index (χ3v) is 6.67. The van der Waals surface area contributed by atoms with Crippen LogP contribution in [0, 0.1) is 0 Å². The lowest BCUT2D eigenvalue weighted by Crippen LogP contribution is -2.01. The summed E-state index contributed by atoms with van der Waals surface area (Å²) in [5.41, 5.74) is 6.59. The first-order chi connectivity index (χ1) is 17.9. The maximum atomic E-state index is 4.60. The number of rotatable bonds is 4. The summed E-state index contributed by atoms with van der Waals surface area (Å²) in [4.78, 5) is 0. The normalized spacial score (nSPS) is 11.3. The molecule has 4 heteroatoms. The third-order valence-electron chi connectivity index (χ3n) is 6.67. The fourth-order valence-electron chi connectivity index (χ4n) is 5.03. The molecule has 36 heavy (non-hydrogen) atoms. The van der Waals surface area contributed by atoms with E-state index in [0.717, 1.165) is 34.2 Å². The molecule has 170 valence electrons. The molecule has 2 aromatic heterocycles. The topological polar surface area (TPSA) is 35.6 Å². The van der Waals surface area contributed by atoms with Crippen molar-refractivity contribution in [2.75, 3.05) is 0 Å². The van der Waals surface area contributed by atoms with Crippen molar-refractivity contribution in [2.45, 2.75) is 0 Å². The van der Waals surface area contributed by atoms with Gasteiger partial charge in [0.1, 0.15) is 0 Å². The molecule has 0 saturated heterocycles. The van der Waals surface area contributed by atoms with E-state index in [0.29, 0.717) is 0 Å². The van der Waals surface area contributed by atoms with Gasteiger partial charge in [-0.15, -0.1) is 10.2 Å². The van der Waals surface area contributed by atoms with E-state index in [1.165, 1.54) is 21.8 Å². The van der Waals surface area contributed by atoms with E-state index < -0.39 is 0 Å². The standard InChI is InChI=1S/C32H22N4/c1-3-11-23(12-4-1)31-33-34-32(24-13-5-2-6-14-24)36(31)26-21-19-25(20-22-26)35-29-17-9-7-15-27(29)28-16-8-10-18-30(28)35/h1-22H. The van der Waals surface area contributed by atoms with Gasteiger partial charge in [-0.2, -0.15) is 0 Å². The van der Waals surface area contributed by atoms with Gasteiger partial charge in [0.15, 0.2) is 11.6 Å². The maximum absolute atomic E-state index is 4.60. The second-order valence-corrected chi connectivity index (χ2v) is 8.80. The number of nitrogens with zero attached hydrogens (tertiary/aromatic N) is 4. The molecule has 5 aromatic carbocycles. The Hall–Kier alpha value is -4.96. The van der Waals surface area contributed by atoms with Crippen molar-refractivity contribution in [1.82, 2.24) is 19.3 Å². The fourth-order valence-corrected chi connectivity index (χ4v) is 5.03. The Labute approximate surface area is 208 Å². The average molecular weight is 463 g/mol. The minimum atomic E-state index is 0.819. The van der Waals surface area contributed by atoms with Gasteiger partial charge in [0.25, 0.3) is 0 Å². The van der Waals surface area contributed by atoms with Gasteiger partial charge in [0, 0.05) is 33.3 Å². The fraction of sp³-hybridized carbons (Fsp3) is 0. The summed E-state index contributed by atoms with van der Waals surface area (Å²) in [6.45, 7) is 0. The van der Waals surface area contributed by atoms with Crippen LogP contribution >= 0.6 is 0 Å². The second-order valence-electron chi connectivity index (χ2n) is 8.80. The van der Waals surface area contributed by atoms with Gasteiger partial charge >= 0.3 is 0 Å². The van der Waals surface area contributed by atoms with Gasteiger partial charge in [-0.1, -0.05) is 97.1 Å². The van der Waals surface area contributed by atoms with Crippen molar-refractivity contribution in [1.29, 1.82) is 0 Å². The second kappa shape index (κ2) is 8.36. The number of hydrogen-bond acceptors (Lipinski definition) is 2. The molecule has 7 aromatic rings. The van der Waals surface area contributed by atoms with E-state index in [9.17, 15) is 0 Å². The van der Waals surface area contributed by atoms with E-state index >= 15 is 0 Å². The van der Waals surface area contributed by atoms with Crippen molar-refractivity contribution in [3.8, 4) is 34.2 Å². The third kappa shape index (κ3) is 3.23. The summed E-state index contributed by atoms with van der Waals surface area (Å²) >= 11 is 0. The first kappa shape index (κ1) is 20.4. The molecule has 0 radical (unpaired) electrons. The van der Waals surface area contributed by atoms with E-state index in [4.69, 9.17) is 0 Å². The maximum Gasteiger partial charge on any atom is 0.168 e. The molecule has 0 saturated carbocycles. The molecule has 0 spiro atoms. The quantitative estimate of drug-likeness (QED) is 0.269. The zero-order chi connectivity index (χ0) is 23.9. The van der Waals surface area contributed by atoms with Gasteiger partial charge in [-0.25, -0.2) is 0 Å². The predicted molar refractivity (Wildman–Crippen MR) is 147 cm³/mol. The Kier molecular flexibility index (Phi) is 4.74. The summed E-state index contributed by atoms with van der Waals surface area (Å²) in [5, 5.41) is 11.7. The molecule has 0 fully saturated rings. The number of benzene rings is 5. The van der Waals surface area contributed by atoms with Crippen molar-refractivity contribution >= 4 is 21.8 Å². The molecule has 0 bridgehead atoms. The van der Waals surface area contributed by atoms with E-state index in [1.807, 2.05) is 36.4 Å². The van der Waals surface area contributed by atoms with Crippen molar-refractivity contribution < 1.29 is 0 Å². The summed E-state index contributed by atoms with van der Waals surface area (Å²) in [5.74, 6) is 1.64. The summed E-state index contributed by atoms with van der Waals surface area (Å²) in [6.07, 6.45) is 0. The molecule has 0 N–H and O–H groups in total. The van der Waals surface area contributed by atoms with Gasteiger partial charge in [-0.3, -0.25) is 4.57 Å². The van der Waals surface area contributed by atoms with Crippen LogP contribution in [-0.4, -0.2) is 19.3 Å². The monoisotopic (exact) mass is 462 g/mol. The van der Waals surface area contributed by atoms with E-state index in [-0.39, 0.29) is 0 Å². The minimum absolute atomic E-state index is 0.819. The van der Waals surface area contributed by atoms with Gasteiger partial charge < -0.3 is 4.57 Å². The lowest BCUT2D eigenvalue weighted by molar-refractivity contribution is 1.07. The highest BCUT2D eigenvalue weighted by Gasteiger charge is 2.18. The van der Waals surface area contributed by atoms with Crippen LogP contribution in [0.5, 0.6) is 0 Å². The van der Waals surface area contributed by atoms with Crippen LogP contribution < -0.4 is 0 Å².